The first-order valence-electron chi connectivity index (χ1n) is 10.6. The summed E-state index contributed by atoms with van der Waals surface area (Å²) in [4.78, 5) is 16.2. The topological polar surface area (TPSA) is 43.8 Å². The summed E-state index contributed by atoms with van der Waals surface area (Å²) < 4.78 is 0. The maximum absolute atomic E-state index is 11.3. The number of hydrogen-bond acceptors (Lipinski definition) is 3. The Morgan fingerprint density at radius 1 is 0.931 bits per heavy atom. The van der Waals surface area contributed by atoms with Crippen LogP contribution < -0.4 is 4.90 Å². The zero-order chi connectivity index (χ0) is 19.3. The van der Waals surface area contributed by atoms with E-state index in [1.54, 1.807) is 0 Å². The molecule has 0 aromatic heterocycles. The second-order valence-electron chi connectivity index (χ2n) is 8.09. The second-order valence-corrected chi connectivity index (χ2v) is 8.09. The predicted octanol–water partition coefficient (Wildman–Crippen LogP) is 4.92. The molecule has 2 aromatic carbocycles. The highest BCUT2D eigenvalue weighted by Gasteiger charge is 2.25. The fourth-order valence-corrected chi connectivity index (χ4v) is 4.72. The third-order valence-corrected chi connectivity index (χ3v) is 6.17. The maximum Gasteiger partial charge on any atom is 0.307 e. The van der Waals surface area contributed by atoms with Crippen molar-refractivity contribution < 1.29 is 9.90 Å². The van der Waals surface area contributed by atoms with Crippen LogP contribution in [-0.4, -0.2) is 42.2 Å². The number of carboxylic acid groups (broad SMARTS) is 1. The Hall–Kier alpha value is -2.04. The van der Waals surface area contributed by atoms with E-state index in [0.717, 1.165) is 51.7 Å². The molecule has 0 bridgehead atoms. The van der Waals surface area contributed by atoms with Crippen LogP contribution in [0.2, 0.25) is 0 Å². The molecule has 0 radical (unpaired) electrons. The molecule has 1 fully saturated rings. The Kier molecular flexibility index (Phi) is 7.57. The Labute approximate surface area is 179 Å². The first-order valence-corrected chi connectivity index (χ1v) is 10.6. The number of carboxylic acids is 1. The van der Waals surface area contributed by atoms with Crippen LogP contribution in [0, 0.1) is 5.92 Å². The van der Waals surface area contributed by atoms with Gasteiger partial charge in [-0.3, -0.25) is 4.79 Å². The number of halogens is 1. The van der Waals surface area contributed by atoms with Crippen molar-refractivity contribution in [1.82, 2.24) is 4.90 Å². The van der Waals surface area contributed by atoms with E-state index >= 15 is 0 Å². The fraction of sp³-hybridized carbons (Fsp3) is 0.458. The minimum Gasteiger partial charge on any atom is -0.481 e. The zero-order valence-electron chi connectivity index (χ0n) is 16.9. The Bertz CT molecular complexity index is 779. The standard InChI is InChI=1S/C24H30N2O2.ClH/c27-24(28)21-12-6-15-25(18-21)16-7-17-26-22-13-3-1-8-19(22)10-5-11-20-9-2-4-14-23(20)26;/h1-4,8-9,13-14,21H,5-7,10-12,15-18H2,(H,27,28);1H/t21-;/m1./s1. The number of piperidine rings is 1. The molecule has 2 heterocycles. The Morgan fingerprint density at radius 3 is 2.17 bits per heavy atom. The van der Waals surface area contributed by atoms with Crippen molar-refractivity contribution in [3.8, 4) is 0 Å². The van der Waals surface area contributed by atoms with E-state index in [1.807, 2.05) is 0 Å². The number of nitrogens with zero attached hydrogens (tertiary/aromatic N) is 2. The monoisotopic (exact) mass is 414 g/mol. The van der Waals surface area contributed by atoms with Crippen molar-refractivity contribution in [1.29, 1.82) is 0 Å². The summed E-state index contributed by atoms with van der Waals surface area (Å²) in [6, 6.07) is 17.6. The number of aliphatic carboxylic acids is 1. The van der Waals surface area contributed by atoms with Crippen LogP contribution >= 0.6 is 12.4 Å². The molecule has 0 aliphatic carbocycles. The van der Waals surface area contributed by atoms with Crippen LogP contribution in [-0.2, 0) is 17.6 Å². The van der Waals surface area contributed by atoms with Gasteiger partial charge in [0.1, 0.15) is 0 Å². The van der Waals surface area contributed by atoms with Crippen LogP contribution in [0.5, 0.6) is 0 Å². The highest BCUT2D eigenvalue weighted by molar-refractivity contribution is 5.85. The number of fused-ring (bicyclic) bond motifs is 2. The van der Waals surface area contributed by atoms with Crippen LogP contribution in [0.25, 0.3) is 0 Å². The highest BCUT2D eigenvalue weighted by atomic mass is 35.5. The lowest BCUT2D eigenvalue weighted by Gasteiger charge is -2.34. The maximum atomic E-state index is 11.3. The van der Waals surface area contributed by atoms with Gasteiger partial charge in [0.15, 0.2) is 0 Å². The fourth-order valence-electron chi connectivity index (χ4n) is 4.72. The number of anilines is 2. The van der Waals surface area contributed by atoms with E-state index in [2.05, 4.69) is 58.3 Å². The van der Waals surface area contributed by atoms with Crippen LogP contribution in [0.1, 0.15) is 36.8 Å². The van der Waals surface area contributed by atoms with Crippen LogP contribution in [0.4, 0.5) is 11.4 Å². The first-order chi connectivity index (χ1) is 13.7. The lowest BCUT2D eigenvalue weighted by molar-refractivity contribution is -0.143. The van der Waals surface area contributed by atoms with Gasteiger partial charge in [-0.25, -0.2) is 0 Å². The SMILES string of the molecule is Cl.O=C(O)[C@@H]1CCCN(CCCN2c3ccccc3CCCc3ccccc32)C1. The number of aryl methyl sites for hydroxylation is 2. The smallest absolute Gasteiger partial charge is 0.307 e. The van der Waals surface area contributed by atoms with Crippen LogP contribution in [0.15, 0.2) is 48.5 Å². The van der Waals surface area contributed by atoms with E-state index in [9.17, 15) is 9.90 Å². The van der Waals surface area contributed by atoms with E-state index in [-0.39, 0.29) is 18.3 Å². The minimum absolute atomic E-state index is 0. The molecule has 0 amide bonds. The molecule has 0 spiro atoms. The third kappa shape index (κ3) is 5.12. The predicted molar refractivity (Wildman–Crippen MR) is 121 cm³/mol. The molecule has 4 rings (SSSR count). The molecule has 156 valence electrons. The van der Waals surface area contributed by atoms with E-state index in [1.165, 1.54) is 28.9 Å². The average molecular weight is 415 g/mol. The summed E-state index contributed by atoms with van der Waals surface area (Å²) in [7, 11) is 0. The summed E-state index contributed by atoms with van der Waals surface area (Å²) in [5.74, 6) is -0.840. The van der Waals surface area contributed by atoms with E-state index in [0.29, 0.717) is 6.54 Å². The summed E-state index contributed by atoms with van der Waals surface area (Å²) in [6.07, 6.45) is 6.27. The molecule has 1 saturated heterocycles. The molecule has 29 heavy (non-hydrogen) atoms. The summed E-state index contributed by atoms with van der Waals surface area (Å²) in [6.45, 7) is 3.65. The van der Waals surface area contributed by atoms with Gasteiger partial charge in [-0.15, -0.1) is 12.4 Å². The normalized spacial score (nSPS) is 19.3. The number of rotatable bonds is 5. The molecule has 1 N–H and O–H groups in total. The van der Waals surface area contributed by atoms with E-state index < -0.39 is 5.97 Å². The summed E-state index contributed by atoms with van der Waals surface area (Å²) in [5, 5.41) is 9.33. The summed E-state index contributed by atoms with van der Waals surface area (Å²) >= 11 is 0. The first kappa shape index (κ1) is 21.7. The van der Waals surface area contributed by atoms with Gasteiger partial charge in [-0.2, -0.15) is 0 Å². The van der Waals surface area contributed by atoms with Gasteiger partial charge in [0, 0.05) is 24.5 Å². The Morgan fingerprint density at radius 2 is 1.55 bits per heavy atom. The molecule has 2 aromatic rings. The molecule has 2 aliphatic rings. The number of hydrogen-bond donors (Lipinski definition) is 1. The van der Waals surface area contributed by atoms with Crippen molar-refractivity contribution in [2.45, 2.75) is 38.5 Å². The highest BCUT2D eigenvalue weighted by Crippen LogP contribution is 2.35. The molecule has 4 nitrogen and oxygen atoms in total. The Balaban J connectivity index is 0.00000240. The molecule has 5 heteroatoms. The van der Waals surface area contributed by atoms with Gasteiger partial charge in [-0.05, 0) is 74.9 Å². The average Bonchev–Trinajstić information content (AvgIpc) is 2.71. The second kappa shape index (κ2) is 10.1. The van der Waals surface area contributed by atoms with Gasteiger partial charge in [0.25, 0.3) is 0 Å². The zero-order valence-corrected chi connectivity index (χ0v) is 17.7. The molecular weight excluding hydrogens is 384 g/mol. The number of para-hydroxylation sites is 2. The van der Waals surface area contributed by atoms with Crippen molar-refractivity contribution in [3.63, 3.8) is 0 Å². The lowest BCUT2D eigenvalue weighted by Crippen LogP contribution is -2.40. The largest absolute Gasteiger partial charge is 0.481 e. The number of benzene rings is 2. The molecule has 1 atom stereocenters. The molecule has 0 saturated carbocycles. The van der Waals surface area contributed by atoms with E-state index in [4.69, 9.17) is 0 Å². The van der Waals surface area contributed by atoms with Gasteiger partial charge < -0.3 is 14.9 Å². The number of carbonyl (C=O) groups is 1. The van der Waals surface area contributed by atoms with Crippen LogP contribution in [0.3, 0.4) is 0 Å². The quantitative estimate of drug-likeness (QED) is 0.753. The minimum atomic E-state index is -0.642. The van der Waals surface area contributed by atoms with Crippen molar-refractivity contribution >= 4 is 29.8 Å². The molecule has 0 unspecified atom stereocenters. The third-order valence-electron chi connectivity index (χ3n) is 6.17. The van der Waals surface area contributed by atoms with Crippen molar-refractivity contribution in [2.75, 3.05) is 31.1 Å². The lowest BCUT2D eigenvalue weighted by atomic mass is 9.96. The van der Waals surface area contributed by atoms with Crippen molar-refractivity contribution in [2.24, 2.45) is 5.92 Å². The van der Waals surface area contributed by atoms with Gasteiger partial charge >= 0.3 is 5.97 Å². The van der Waals surface area contributed by atoms with Gasteiger partial charge in [0.2, 0.25) is 0 Å². The molecule has 2 aliphatic heterocycles. The van der Waals surface area contributed by atoms with Gasteiger partial charge in [-0.1, -0.05) is 36.4 Å². The number of likely N-dealkylation sites (tertiary alicyclic amines) is 1. The van der Waals surface area contributed by atoms with Gasteiger partial charge in [0.05, 0.1) is 5.92 Å². The summed E-state index contributed by atoms with van der Waals surface area (Å²) in [5.41, 5.74) is 5.52. The van der Waals surface area contributed by atoms with Crippen molar-refractivity contribution in [3.05, 3.63) is 59.7 Å². The molecular formula is C24H31ClN2O2.